The number of benzene rings is 2. The molecule has 5 heteroatoms. The van der Waals surface area contributed by atoms with Gasteiger partial charge in [0.2, 0.25) is 0 Å². The zero-order chi connectivity index (χ0) is 23.4. The maximum Gasteiger partial charge on any atom is 0.258 e. The third kappa shape index (κ3) is 4.82. The van der Waals surface area contributed by atoms with E-state index in [9.17, 15) is 0 Å². The van der Waals surface area contributed by atoms with Crippen molar-refractivity contribution in [3.05, 3.63) is 76.5 Å². The number of unbranched alkanes of at least 4 members (excludes halogenated alkanes) is 3. The number of anilines is 2. The van der Waals surface area contributed by atoms with Crippen LogP contribution in [0.2, 0.25) is 0 Å². The van der Waals surface area contributed by atoms with Gasteiger partial charge >= 0.3 is 0 Å². The molecular weight excluding hydrogens is 410 g/mol. The highest BCUT2D eigenvalue weighted by atomic mass is 16.5. The Morgan fingerprint density at radius 1 is 1.03 bits per heavy atom. The van der Waals surface area contributed by atoms with E-state index in [0.29, 0.717) is 0 Å². The highest BCUT2D eigenvalue weighted by molar-refractivity contribution is 5.76. The molecule has 172 valence electrons. The van der Waals surface area contributed by atoms with Gasteiger partial charge in [0, 0.05) is 48.5 Å². The second kappa shape index (κ2) is 9.80. The Labute approximate surface area is 196 Å². The van der Waals surface area contributed by atoms with Crippen molar-refractivity contribution in [2.75, 3.05) is 18.1 Å². The van der Waals surface area contributed by atoms with Crippen LogP contribution in [0, 0.1) is 27.3 Å². The van der Waals surface area contributed by atoms with Crippen molar-refractivity contribution in [2.45, 2.75) is 64.8 Å². The molecule has 1 aromatic heterocycles. The SMILES string of the molecule is [C-]#[N+]C1(c2ccc(N(CCCCCCO)c3cc(-c4c(C)noc4C)ccc3C)cc2)CC1. The quantitative estimate of drug-likeness (QED) is 0.274. The monoisotopic (exact) mass is 443 g/mol. The van der Waals surface area contributed by atoms with Gasteiger partial charge in [-0.3, -0.25) is 0 Å². The molecule has 3 aromatic rings. The van der Waals surface area contributed by atoms with Gasteiger partial charge in [-0.25, -0.2) is 6.57 Å². The lowest BCUT2D eigenvalue weighted by Crippen LogP contribution is -2.20. The fourth-order valence-corrected chi connectivity index (χ4v) is 4.61. The normalized spacial score (nSPS) is 14.2. The maximum atomic E-state index is 9.11. The predicted octanol–water partition coefficient (Wildman–Crippen LogP) is 6.87. The number of hydrogen-bond donors (Lipinski definition) is 1. The lowest BCUT2D eigenvalue weighted by molar-refractivity contribution is 0.282. The third-order valence-corrected chi connectivity index (χ3v) is 6.77. The van der Waals surface area contributed by atoms with Gasteiger partial charge < -0.3 is 19.4 Å². The Hall–Kier alpha value is -3.10. The Bertz CT molecular complexity index is 1120. The summed E-state index contributed by atoms with van der Waals surface area (Å²) in [5.74, 6) is 0.830. The van der Waals surface area contributed by atoms with Crippen molar-refractivity contribution in [3.8, 4) is 11.1 Å². The zero-order valence-electron chi connectivity index (χ0n) is 19.9. The second-order valence-corrected chi connectivity index (χ2v) is 9.18. The first kappa shape index (κ1) is 23.1. The molecule has 0 unspecified atom stereocenters. The van der Waals surface area contributed by atoms with Crippen LogP contribution in [0.1, 0.15) is 61.1 Å². The minimum atomic E-state index is -0.285. The van der Waals surface area contributed by atoms with E-state index in [1.165, 1.54) is 11.3 Å². The van der Waals surface area contributed by atoms with Gasteiger partial charge in [0.05, 0.1) is 5.69 Å². The van der Waals surface area contributed by atoms with Gasteiger partial charge in [-0.05, 0) is 75.1 Å². The number of aryl methyl sites for hydroxylation is 3. The van der Waals surface area contributed by atoms with Crippen LogP contribution >= 0.6 is 0 Å². The fraction of sp³-hybridized carbons (Fsp3) is 0.429. The van der Waals surface area contributed by atoms with E-state index in [1.807, 2.05) is 13.8 Å². The third-order valence-electron chi connectivity index (χ3n) is 6.77. The van der Waals surface area contributed by atoms with Gasteiger partial charge in [0.25, 0.3) is 5.54 Å². The van der Waals surface area contributed by atoms with Crippen LogP contribution in [0.4, 0.5) is 11.4 Å². The molecule has 1 aliphatic rings. The number of aliphatic hydroxyl groups excluding tert-OH is 1. The van der Waals surface area contributed by atoms with Crippen LogP contribution < -0.4 is 4.90 Å². The van der Waals surface area contributed by atoms with Crippen molar-refractivity contribution in [3.63, 3.8) is 0 Å². The highest BCUT2D eigenvalue weighted by Crippen LogP contribution is 2.50. The molecule has 0 amide bonds. The molecule has 0 spiro atoms. The van der Waals surface area contributed by atoms with E-state index in [2.05, 4.69) is 64.3 Å². The van der Waals surface area contributed by atoms with E-state index in [-0.39, 0.29) is 12.1 Å². The number of aliphatic hydroxyl groups is 1. The maximum absolute atomic E-state index is 9.11. The summed E-state index contributed by atoms with van der Waals surface area (Å²) in [6.07, 6.45) is 5.94. The van der Waals surface area contributed by atoms with Crippen molar-refractivity contribution in [2.24, 2.45) is 0 Å². The topological polar surface area (TPSA) is 53.9 Å². The van der Waals surface area contributed by atoms with Gasteiger partial charge in [-0.1, -0.05) is 30.1 Å². The van der Waals surface area contributed by atoms with Crippen LogP contribution in [-0.4, -0.2) is 23.4 Å². The predicted molar refractivity (Wildman–Crippen MR) is 133 cm³/mol. The van der Waals surface area contributed by atoms with Crippen LogP contribution in [0.5, 0.6) is 0 Å². The van der Waals surface area contributed by atoms with E-state index < -0.39 is 0 Å². The largest absolute Gasteiger partial charge is 0.396 e. The molecule has 33 heavy (non-hydrogen) atoms. The van der Waals surface area contributed by atoms with Gasteiger partial charge in [0.1, 0.15) is 5.76 Å². The van der Waals surface area contributed by atoms with Crippen LogP contribution in [0.15, 0.2) is 47.0 Å². The molecule has 1 fully saturated rings. The van der Waals surface area contributed by atoms with E-state index in [1.54, 1.807) is 0 Å². The summed E-state index contributed by atoms with van der Waals surface area (Å²) >= 11 is 0. The summed E-state index contributed by atoms with van der Waals surface area (Å²) in [6, 6.07) is 15.1. The smallest absolute Gasteiger partial charge is 0.258 e. The summed E-state index contributed by atoms with van der Waals surface area (Å²) in [4.78, 5) is 6.27. The Morgan fingerprint density at radius 2 is 1.76 bits per heavy atom. The molecule has 4 rings (SSSR count). The molecule has 0 aliphatic heterocycles. The number of aromatic nitrogens is 1. The summed E-state index contributed by atoms with van der Waals surface area (Å²) in [5.41, 5.74) is 7.44. The van der Waals surface area contributed by atoms with Gasteiger partial charge in [0.15, 0.2) is 0 Å². The molecule has 0 atom stereocenters. The van der Waals surface area contributed by atoms with E-state index in [0.717, 1.165) is 78.9 Å². The van der Waals surface area contributed by atoms with E-state index in [4.69, 9.17) is 16.2 Å². The molecule has 1 saturated carbocycles. The van der Waals surface area contributed by atoms with Crippen molar-refractivity contribution < 1.29 is 9.63 Å². The van der Waals surface area contributed by atoms with Crippen molar-refractivity contribution in [1.29, 1.82) is 0 Å². The van der Waals surface area contributed by atoms with Crippen molar-refractivity contribution >= 4 is 11.4 Å². The summed E-state index contributed by atoms with van der Waals surface area (Å²) in [6.45, 7) is 14.8. The fourth-order valence-electron chi connectivity index (χ4n) is 4.61. The Balaban J connectivity index is 1.67. The minimum absolute atomic E-state index is 0.257. The number of hydrogen-bond acceptors (Lipinski definition) is 4. The van der Waals surface area contributed by atoms with Gasteiger partial charge in [-0.2, -0.15) is 0 Å². The molecule has 2 aromatic carbocycles. The summed E-state index contributed by atoms with van der Waals surface area (Å²) in [7, 11) is 0. The van der Waals surface area contributed by atoms with Crippen LogP contribution in [-0.2, 0) is 5.54 Å². The molecule has 0 radical (unpaired) electrons. The van der Waals surface area contributed by atoms with Crippen LogP contribution in [0.3, 0.4) is 0 Å². The zero-order valence-corrected chi connectivity index (χ0v) is 19.9. The lowest BCUT2D eigenvalue weighted by Gasteiger charge is -2.28. The molecule has 5 nitrogen and oxygen atoms in total. The Kier molecular flexibility index (Phi) is 6.85. The minimum Gasteiger partial charge on any atom is -0.396 e. The lowest BCUT2D eigenvalue weighted by atomic mass is 10.00. The standard InChI is InChI=1S/C28H33N3O2/c1-20-9-10-23(27-21(2)30-33-22(27)3)19-26(20)31(17-7-5-6-8-18-32)25-13-11-24(12-14-25)28(29-4)15-16-28/h9-14,19,32H,5-8,15-18H2,1-3H3. The Morgan fingerprint density at radius 3 is 2.36 bits per heavy atom. The average Bonchev–Trinajstić information content (AvgIpc) is 3.56. The summed E-state index contributed by atoms with van der Waals surface area (Å²) < 4.78 is 5.42. The molecular formula is C28H33N3O2. The first-order valence-electron chi connectivity index (χ1n) is 11.9. The van der Waals surface area contributed by atoms with Crippen molar-refractivity contribution in [1.82, 2.24) is 5.16 Å². The molecule has 0 saturated heterocycles. The number of nitrogens with zero attached hydrogens (tertiary/aromatic N) is 3. The first-order chi connectivity index (χ1) is 16.0. The average molecular weight is 444 g/mol. The van der Waals surface area contributed by atoms with Crippen LogP contribution in [0.25, 0.3) is 16.0 Å². The number of rotatable bonds is 10. The molecule has 0 bridgehead atoms. The molecule has 1 aliphatic carbocycles. The molecule has 1 N–H and O–H groups in total. The summed E-state index contributed by atoms with van der Waals surface area (Å²) in [5, 5.41) is 13.2. The van der Waals surface area contributed by atoms with Gasteiger partial charge in [-0.15, -0.1) is 0 Å². The van der Waals surface area contributed by atoms with E-state index >= 15 is 0 Å². The second-order valence-electron chi connectivity index (χ2n) is 9.18. The first-order valence-corrected chi connectivity index (χ1v) is 11.9. The highest BCUT2D eigenvalue weighted by Gasteiger charge is 2.52. The molecule has 1 heterocycles.